The van der Waals surface area contributed by atoms with E-state index in [9.17, 15) is 41.3 Å². The molecule has 0 aliphatic rings. The smallest absolute Gasteiger partial charge is 0.450 e. The van der Waals surface area contributed by atoms with E-state index in [2.05, 4.69) is 24.7 Å². The maximum atomic E-state index is 13.3. The summed E-state index contributed by atoms with van der Waals surface area (Å²) in [7, 11) is -5.03. The zero-order chi connectivity index (χ0) is 47.0. The van der Waals surface area contributed by atoms with Crippen LogP contribution in [0, 0.1) is 36.5 Å². The van der Waals surface area contributed by atoms with E-state index in [0.717, 1.165) is 27.6 Å². The molecule has 0 spiro atoms. The van der Waals surface area contributed by atoms with E-state index in [0.29, 0.717) is 4.68 Å². The lowest BCUT2D eigenvalue weighted by Gasteiger charge is -2.13. The molecule has 0 unspecified atom stereocenters. The summed E-state index contributed by atoms with van der Waals surface area (Å²) < 4.78 is 80.8. The number of aromatic nitrogens is 8. The molecule has 20 nitrogen and oxygen atoms in total. The number of benzene rings is 2. The maximum Gasteiger partial charge on any atom is 0.471 e. The second-order valence-corrected chi connectivity index (χ2v) is 15.0. The molecule has 0 saturated carbocycles. The zero-order valence-corrected chi connectivity index (χ0v) is 34.9. The summed E-state index contributed by atoms with van der Waals surface area (Å²) in [6.45, 7) is 1.01. The Morgan fingerprint density at radius 2 is 1.20 bits per heavy atom. The summed E-state index contributed by atoms with van der Waals surface area (Å²) in [4.78, 5) is 76.0. The molecular weight excluding hydrogens is 922 g/mol. The summed E-state index contributed by atoms with van der Waals surface area (Å²) >= 11 is 11.9. The number of ether oxygens (including phenoxy) is 2. The van der Waals surface area contributed by atoms with Gasteiger partial charge in [0.25, 0.3) is 35.1 Å². The standard InChI is InChI=1S/C19H15ClF2N5O7P.C18H12ClF2N5O3/c1-10-16(34-14-3-11(6-23)2-13(20)5-14)19(29)26(8-24-10)7-12-4-15(17(21)22)25-27(18(12)28)9-33-35(30,31)32;1-9-15(29-13-3-10(6-22)2-12(19)5-13)18(28)26(8-23-9)7-11-4-14(16(20)21)24-25-17(11)27/h2-5,8,17H,7,9H2,1H3,(H2,30,31,32);2-5,8,16H,7H2,1H3,(H,25,27). The van der Waals surface area contributed by atoms with Gasteiger partial charge in [0.2, 0.25) is 11.5 Å². The number of phosphoric acid groups is 1. The highest BCUT2D eigenvalue weighted by atomic mass is 35.5. The fraction of sp³-hybridized carbons (Fsp3) is 0.189. The number of halogens is 6. The van der Waals surface area contributed by atoms with Crippen molar-refractivity contribution in [3.63, 3.8) is 0 Å². The highest BCUT2D eigenvalue weighted by molar-refractivity contribution is 7.46. The Bertz CT molecular complexity index is 3130. The third kappa shape index (κ3) is 12.3. The first-order valence-electron chi connectivity index (χ1n) is 17.5. The highest BCUT2D eigenvalue weighted by Gasteiger charge is 2.21. The molecule has 0 saturated heterocycles. The number of hydrogen-bond acceptors (Lipinski definition) is 14. The fourth-order valence-corrected chi connectivity index (χ4v) is 6.00. The van der Waals surface area contributed by atoms with E-state index < -0.39 is 67.6 Å². The molecule has 2 aromatic carbocycles. The van der Waals surface area contributed by atoms with Gasteiger partial charge in [-0.25, -0.2) is 41.9 Å². The molecule has 4 heterocycles. The first-order valence-corrected chi connectivity index (χ1v) is 19.8. The second kappa shape index (κ2) is 20.4. The van der Waals surface area contributed by atoms with Crippen molar-refractivity contribution in [3.05, 3.63) is 158 Å². The molecule has 27 heteroatoms. The molecule has 3 N–H and O–H groups in total. The van der Waals surface area contributed by atoms with Gasteiger partial charge in [0.1, 0.15) is 22.9 Å². The Kier molecular flexibility index (Phi) is 15.3. The molecule has 4 aromatic heterocycles. The predicted molar refractivity (Wildman–Crippen MR) is 214 cm³/mol. The molecule has 0 amide bonds. The van der Waals surface area contributed by atoms with Gasteiger partial charge in [0, 0.05) is 21.2 Å². The number of rotatable bonds is 13. The minimum atomic E-state index is -5.03. The van der Waals surface area contributed by atoms with Gasteiger partial charge in [-0.15, -0.1) is 0 Å². The monoisotopic (exact) mass is 948 g/mol. The summed E-state index contributed by atoms with van der Waals surface area (Å²) in [5, 5.41) is 27.1. The summed E-state index contributed by atoms with van der Waals surface area (Å²) in [6.07, 6.45) is -3.79. The number of aromatic amines is 1. The average molecular weight is 950 g/mol. The van der Waals surface area contributed by atoms with E-state index in [-0.39, 0.29) is 73.2 Å². The normalized spacial score (nSPS) is 11.2. The number of nitriles is 2. The lowest BCUT2D eigenvalue weighted by molar-refractivity contribution is 0.125. The van der Waals surface area contributed by atoms with Crippen molar-refractivity contribution >= 4 is 31.0 Å². The lowest BCUT2D eigenvalue weighted by Crippen LogP contribution is -2.32. The molecule has 6 rings (SSSR count). The van der Waals surface area contributed by atoms with Crippen LogP contribution in [0.1, 0.15) is 57.9 Å². The van der Waals surface area contributed by atoms with Crippen LogP contribution in [0.25, 0.3) is 0 Å². The Morgan fingerprint density at radius 3 is 1.66 bits per heavy atom. The molecule has 332 valence electrons. The molecule has 0 aliphatic carbocycles. The topological polar surface area (TPSA) is 283 Å². The number of hydrogen-bond donors (Lipinski definition) is 3. The quantitative estimate of drug-likeness (QED) is 0.0963. The van der Waals surface area contributed by atoms with E-state index in [1.807, 2.05) is 17.2 Å². The minimum Gasteiger partial charge on any atom is -0.450 e. The van der Waals surface area contributed by atoms with Crippen LogP contribution in [0.3, 0.4) is 0 Å². The number of H-pyrrole nitrogens is 1. The molecule has 64 heavy (non-hydrogen) atoms. The Hall–Kier alpha value is -7.05. The first kappa shape index (κ1) is 48.0. The van der Waals surface area contributed by atoms with Crippen LogP contribution in [-0.4, -0.2) is 48.9 Å². The van der Waals surface area contributed by atoms with Crippen LogP contribution >= 0.6 is 31.0 Å². The molecular formula is C37H27Cl2F4N10O10P. The third-order valence-electron chi connectivity index (χ3n) is 8.23. The number of alkyl halides is 4. The van der Waals surface area contributed by atoms with E-state index in [4.69, 9.17) is 53.0 Å². The Balaban J connectivity index is 0.000000245. The van der Waals surface area contributed by atoms with E-state index in [1.54, 1.807) is 0 Å². The van der Waals surface area contributed by atoms with Gasteiger partial charge in [-0.3, -0.25) is 32.8 Å². The van der Waals surface area contributed by atoms with Crippen molar-refractivity contribution in [1.29, 1.82) is 10.5 Å². The zero-order valence-electron chi connectivity index (χ0n) is 32.4. The second-order valence-electron chi connectivity index (χ2n) is 12.9. The van der Waals surface area contributed by atoms with Crippen molar-refractivity contribution in [2.45, 2.75) is 46.5 Å². The van der Waals surface area contributed by atoms with Crippen LogP contribution in [-0.2, 0) is 28.9 Å². The molecule has 0 aliphatic heterocycles. The highest BCUT2D eigenvalue weighted by Crippen LogP contribution is 2.36. The van der Waals surface area contributed by atoms with Crippen LogP contribution in [0.4, 0.5) is 17.6 Å². The first-order chi connectivity index (χ1) is 30.2. The summed E-state index contributed by atoms with van der Waals surface area (Å²) in [6, 6.07) is 13.8. The van der Waals surface area contributed by atoms with E-state index >= 15 is 0 Å². The van der Waals surface area contributed by atoms with Crippen molar-refractivity contribution in [1.82, 2.24) is 39.1 Å². The largest absolute Gasteiger partial charge is 0.471 e. The average Bonchev–Trinajstić information content (AvgIpc) is 3.23. The van der Waals surface area contributed by atoms with Gasteiger partial charge in [0.05, 0.1) is 60.4 Å². The summed E-state index contributed by atoms with van der Waals surface area (Å²) in [5.41, 5.74) is -4.34. The molecule has 0 bridgehead atoms. The van der Waals surface area contributed by atoms with Gasteiger partial charge in [0.15, 0.2) is 6.73 Å². The van der Waals surface area contributed by atoms with Crippen LogP contribution in [0.15, 0.2) is 80.4 Å². The number of phosphoric ester groups is 1. The SMILES string of the molecule is Cc1ncn(Cc2cc(C(F)F)n[nH]c2=O)c(=O)c1Oc1cc(Cl)cc(C#N)c1.Cc1ncn(Cc2cc(C(F)F)nn(COP(=O)(O)O)c2=O)c(=O)c1Oc1cc(Cl)cc(C#N)c1. The van der Waals surface area contributed by atoms with Gasteiger partial charge >= 0.3 is 7.82 Å². The number of nitrogens with zero attached hydrogens (tertiary/aromatic N) is 9. The third-order valence-corrected chi connectivity index (χ3v) is 9.12. The number of aryl methyl sites for hydroxylation is 2. The van der Waals surface area contributed by atoms with Crippen molar-refractivity contribution in [3.8, 4) is 35.1 Å². The van der Waals surface area contributed by atoms with E-state index in [1.165, 1.54) is 56.6 Å². The fourth-order valence-electron chi connectivity index (χ4n) is 5.29. The lowest BCUT2D eigenvalue weighted by atomic mass is 10.2. The van der Waals surface area contributed by atoms with Crippen LogP contribution in [0.5, 0.6) is 23.0 Å². The summed E-state index contributed by atoms with van der Waals surface area (Å²) in [5.74, 6) is -0.213. The van der Waals surface area contributed by atoms with Gasteiger partial charge < -0.3 is 19.3 Å². The minimum absolute atomic E-state index is 0.0645. The molecule has 6 aromatic rings. The van der Waals surface area contributed by atoms with Gasteiger partial charge in [-0.2, -0.15) is 20.7 Å². The molecule has 0 radical (unpaired) electrons. The molecule has 0 fully saturated rings. The van der Waals surface area contributed by atoms with Crippen molar-refractivity contribution < 1.29 is 45.9 Å². The number of nitrogens with one attached hydrogen (secondary N) is 1. The maximum absolute atomic E-state index is 13.3. The predicted octanol–water partition coefficient (Wildman–Crippen LogP) is 5.42. The van der Waals surface area contributed by atoms with Crippen LogP contribution < -0.4 is 31.7 Å². The van der Waals surface area contributed by atoms with Gasteiger partial charge in [-0.1, -0.05) is 23.2 Å². The van der Waals surface area contributed by atoms with Gasteiger partial charge in [-0.05, 0) is 62.4 Å². The Morgan fingerprint density at radius 1 is 0.734 bits per heavy atom. The van der Waals surface area contributed by atoms with Crippen molar-refractivity contribution in [2.24, 2.45) is 0 Å². The van der Waals surface area contributed by atoms with Crippen molar-refractivity contribution in [2.75, 3.05) is 0 Å². The Labute approximate surface area is 365 Å². The van der Waals surface area contributed by atoms with Crippen LogP contribution in [0.2, 0.25) is 10.0 Å². The molecule has 0 atom stereocenters.